The van der Waals surface area contributed by atoms with E-state index >= 15 is 0 Å². The maximum atomic E-state index is 11.8. The van der Waals surface area contributed by atoms with E-state index in [1.54, 1.807) is 18.2 Å². The third-order valence-electron chi connectivity index (χ3n) is 2.57. The lowest BCUT2D eigenvalue weighted by molar-refractivity contribution is -0.118. The monoisotopic (exact) mass is 337 g/mol. The molecule has 0 fully saturated rings. The number of nitrogens with one attached hydrogen (secondary N) is 1. The lowest BCUT2D eigenvalue weighted by Crippen LogP contribution is -2.25. The summed E-state index contributed by atoms with van der Waals surface area (Å²) in [5, 5.41) is 2.63. The minimum Gasteiger partial charge on any atom is -0.482 e. The van der Waals surface area contributed by atoms with Gasteiger partial charge in [0.15, 0.2) is 11.3 Å². The standard InChI is InChI=1S/C13H8BrNO5/c14-11-4-3-10(20-11)13(17)19-7-1-2-9-8(5-7)15-12(16)6-18-9/h1-5H,6H2,(H,15,16). The van der Waals surface area contributed by atoms with Crippen molar-refractivity contribution in [2.24, 2.45) is 0 Å². The van der Waals surface area contributed by atoms with Gasteiger partial charge in [0.2, 0.25) is 5.76 Å². The van der Waals surface area contributed by atoms with Crippen LogP contribution < -0.4 is 14.8 Å². The van der Waals surface area contributed by atoms with Crippen molar-refractivity contribution in [1.82, 2.24) is 0 Å². The zero-order chi connectivity index (χ0) is 14.1. The molecule has 102 valence electrons. The number of anilines is 1. The first-order chi connectivity index (χ1) is 9.61. The molecule has 1 aromatic carbocycles. The average Bonchev–Trinajstić information content (AvgIpc) is 2.85. The van der Waals surface area contributed by atoms with Crippen molar-refractivity contribution in [3.05, 3.63) is 40.8 Å². The summed E-state index contributed by atoms with van der Waals surface area (Å²) in [5.41, 5.74) is 0.465. The van der Waals surface area contributed by atoms with Crippen LogP contribution in [0.25, 0.3) is 0 Å². The third-order valence-corrected chi connectivity index (χ3v) is 3.00. The molecule has 6 nitrogen and oxygen atoms in total. The van der Waals surface area contributed by atoms with E-state index in [-0.39, 0.29) is 24.0 Å². The first-order valence-corrected chi connectivity index (χ1v) is 6.45. The number of hydrogen-bond donors (Lipinski definition) is 1. The molecule has 20 heavy (non-hydrogen) atoms. The van der Waals surface area contributed by atoms with Crippen LogP contribution in [0.2, 0.25) is 0 Å². The molecule has 3 rings (SSSR count). The van der Waals surface area contributed by atoms with E-state index in [4.69, 9.17) is 13.9 Å². The van der Waals surface area contributed by atoms with Crippen LogP contribution in [0.5, 0.6) is 11.5 Å². The molecule has 0 unspecified atom stereocenters. The van der Waals surface area contributed by atoms with Crippen molar-refractivity contribution in [2.45, 2.75) is 0 Å². The first-order valence-electron chi connectivity index (χ1n) is 5.66. The highest BCUT2D eigenvalue weighted by Gasteiger charge is 2.18. The average molecular weight is 338 g/mol. The van der Waals surface area contributed by atoms with Crippen molar-refractivity contribution in [1.29, 1.82) is 0 Å². The molecule has 1 aliphatic rings. The number of esters is 1. The number of benzene rings is 1. The Kier molecular flexibility index (Phi) is 3.19. The van der Waals surface area contributed by atoms with Crippen molar-refractivity contribution in [3.8, 4) is 11.5 Å². The molecule has 0 radical (unpaired) electrons. The van der Waals surface area contributed by atoms with Crippen LogP contribution in [0.1, 0.15) is 10.6 Å². The number of ether oxygens (including phenoxy) is 2. The zero-order valence-electron chi connectivity index (χ0n) is 10.0. The highest BCUT2D eigenvalue weighted by molar-refractivity contribution is 9.10. The smallest absolute Gasteiger partial charge is 0.379 e. The Bertz CT molecular complexity index is 694. The number of rotatable bonds is 2. The molecule has 1 N–H and O–H groups in total. The van der Waals surface area contributed by atoms with Crippen LogP contribution >= 0.6 is 15.9 Å². The summed E-state index contributed by atoms with van der Waals surface area (Å²) < 4.78 is 15.9. The van der Waals surface area contributed by atoms with Crippen LogP contribution in [0.3, 0.4) is 0 Å². The Labute approximate surface area is 121 Å². The maximum Gasteiger partial charge on any atom is 0.379 e. The van der Waals surface area contributed by atoms with Crippen molar-refractivity contribution < 1.29 is 23.5 Å². The van der Waals surface area contributed by atoms with E-state index in [2.05, 4.69) is 21.2 Å². The Morgan fingerprint density at radius 3 is 2.90 bits per heavy atom. The van der Waals surface area contributed by atoms with Gasteiger partial charge in [-0.3, -0.25) is 4.79 Å². The predicted octanol–water partition coefficient (Wildman–Crippen LogP) is 2.59. The second-order valence-corrected chi connectivity index (χ2v) is 4.77. The summed E-state index contributed by atoms with van der Waals surface area (Å²) in [6, 6.07) is 7.80. The van der Waals surface area contributed by atoms with E-state index in [9.17, 15) is 9.59 Å². The molecule has 2 heterocycles. The molecule has 0 atom stereocenters. The van der Waals surface area contributed by atoms with Gasteiger partial charge in [0.05, 0.1) is 5.69 Å². The van der Waals surface area contributed by atoms with E-state index in [0.717, 1.165) is 0 Å². The first kappa shape index (κ1) is 12.7. The normalized spacial score (nSPS) is 13.2. The van der Waals surface area contributed by atoms with Gasteiger partial charge in [0.1, 0.15) is 11.5 Å². The number of carbonyl (C=O) groups excluding carboxylic acids is 2. The van der Waals surface area contributed by atoms with Crippen LogP contribution in [0.4, 0.5) is 5.69 Å². The third kappa shape index (κ3) is 2.53. The summed E-state index contributed by atoms with van der Waals surface area (Å²) in [5.74, 6) is 0.0155. The highest BCUT2D eigenvalue weighted by atomic mass is 79.9. The Morgan fingerprint density at radius 1 is 1.30 bits per heavy atom. The largest absolute Gasteiger partial charge is 0.482 e. The number of fused-ring (bicyclic) bond motifs is 1. The predicted molar refractivity (Wildman–Crippen MR) is 71.9 cm³/mol. The van der Waals surface area contributed by atoms with Gasteiger partial charge in [0.25, 0.3) is 5.91 Å². The molecular formula is C13H8BrNO5. The van der Waals surface area contributed by atoms with Crippen LogP contribution in [-0.2, 0) is 4.79 Å². The summed E-state index contributed by atoms with van der Waals surface area (Å²) in [4.78, 5) is 23.0. The summed E-state index contributed by atoms with van der Waals surface area (Å²) in [7, 11) is 0. The molecule has 0 bridgehead atoms. The Morgan fingerprint density at radius 2 is 2.15 bits per heavy atom. The molecule has 7 heteroatoms. The SMILES string of the molecule is O=C1COc2ccc(OC(=O)c3ccc(Br)o3)cc2N1. The maximum absolute atomic E-state index is 11.8. The minimum absolute atomic E-state index is 0.0213. The van der Waals surface area contributed by atoms with Gasteiger partial charge in [0, 0.05) is 6.07 Å². The lowest BCUT2D eigenvalue weighted by Gasteiger charge is -2.18. The fraction of sp³-hybridized carbons (Fsp3) is 0.0769. The summed E-state index contributed by atoms with van der Waals surface area (Å²) >= 11 is 3.10. The van der Waals surface area contributed by atoms with Gasteiger partial charge in [-0.15, -0.1) is 0 Å². The molecular weight excluding hydrogens is 330 g/mol. The quantitative estimate of drug-likeness (QED) is 0.673. The second kappa shape index (κ2) is 5.01. The topological polar surface area (TPSA) is 77.8 Å². The van der Waals surface area contributed by atoms with Crippen LogP contribution in [0, 0.1) is 0 Å². The molecule has 1 aliphatic heterocycles. The lowest BCUT2D eigenvalue weighted by atomic mass is 10.2. The fourth-order valence-electron chi connectivity index (χ4n) is 1.71. The zero-order valence-corrected chi connectivity index (χ0v) is 11.6. The van der Waals surface area contributed by atoms with Crippen molar-refractivity contribution in [3.63, 3.8) is 0 Å². The molecule has 1 amide bonds. The van der Waals surface area contributed by atoms with Crippen molar-refractivity contribution in [2.75, 3.05) is 11.9 Å². The van der Waals surface area contributed by atoms with Gasteiger partial charge in [-0.25, -0.2) is 4.79 Å². The number of carbonyl (C=O) groups is 2. The number of halogens is 1. The molecule has 0 saturated carbocycles. The van der Waals surface area contributed by atoms with Crippen molar-refractivity contribution >= 4 is 33.5 Å². The molecule has 0 spiro atoms. The number of amides is 1. The van der Waals surface area contributed by atoms with E-state index < -0.39 is 5.97 Å². The molecule has 0 saturated heterocycles. The summed E-state index contributed by atoms with van der Waals surface area (Å²) in [6.07, 6.45) is 0. The molecule has 0 aliphatic carbocycles. The Balaban J connectivity index is 1.80. The van der Waals surface area contributed by atoms with E-state index in [1.807, 2.05) is 0 Å². The van der Waals surface area contributed by atoms with Crippen LogP contribution in [-0.4, -0.2) is 18.5 Å². The second-order valence-electron chi connectivity index (χ2n) is 3.99. The van der Waals surface area contributed by atoms with E-state index in [0.29, 0.717) is 16.1 Å². The summed E-state index contributed by atoms with van der Waals surface area (Å²) in [6.45, 7) is -0.0213. The fourth-order valence-corrected chi connectivity index (χ4v) is 2.01. The Hall–Kier alpha value is -2.28. The van der Waals surface area contributed by atoms with Gasteiger partial charge in [-0.1, -0.05) is 0 Å². The highest BCUT2D eigenvalue weighted by Crippen LogP contribution is 2.31. The van der Waals surface area contributed by atoms with Gasteiger partial charge < -0.3 is 19.2 Å². The van der Waals surface area contributed by atoms with Gasteiger partial charge in [-0.2, -0.15) is 0 Å². The van der Waals surface area contributed by atoms with Gasteiger partial charge >= 0.3 is 5.97 Å². The van der Waals surface area contributed by atoms with Gasteiger partial charge in [-0.05, 0) is 40.2 Å². The number of hydrogen-bond acceptors (Lipinski definition) is 5. The number of furan rings is 1. The van der Waals surface area contributed by atoms with Crippen LogP contribution in [0.15, 0.2) is 39.4 Å². The van der Waals surface area contributed by atoms with E-state index in [1.165, 1.54) is 12.1 Å². The minimum atomic E-state index is -0.626. The molecule has 2 aromatic rings. The molecule has 1 aromatic heterocycles.